The van der Waals surface area contributed by atoms with Crippen LogP contribution < -0.4 is 10.2 Å². The Morgan fingerprint density at radius 3 is 2.49 bits per heavy atom. The molecule has 2 heterocycles. The lowest BCUT2D eigenvalue weighted by Crippen LogP contribution is -2.28. The van der Waals surface area contributed by atoms with Crippen LogP contribution in [0.1, 0.15) is 5.56 Å². The number of anilines is 2. The largest absolute Gasteiger partial charge is 0.373 e. The molecule has 4 rings (SSSR count). The highest BCUT2D eigenvalue weighted by Gasteiger charge is 2.19. The van der Waals surface area contributed by atoms with E-state index in [0.29, 0.717) is 10.7 Å². The van der Waals surface area contributed by atoms with Gasteiger partial charge in [-0.2, -0.15) is 0 Å². The average Bonchev–Trinajstić information content (AvgIpc) is 3.25. The Morgan fingerprint density at radius 2 is 1.80 bits per heavy atom. The zero-order valence-electron chi connectivity index (χ0n) is 20.5. The van der Waals surface area contributed by atoms with E-state index in [1.54, 1.807) is 12.3 Å². The molecule has 0 fully saturated rings. The highest BCUT2D eigenvalue weighted by Crippen LogP contribution is 2.42. The van der Waals surface area contributed by atoms with Crippen LogP contribution in [0.25, 0.3) is 33.4 Å². The number of nitrogens with one attached hydrogen (secondary N) is 2. The molecule has 0 radical (unpaired) electrons. The molecule has 2 N–H and O–H groups in total. The molecule has 0 aliphatic rings. The molecular weight excluding hydrogens is 458 g/mol. The number of hydrogen-bond donors (Lipinski definition) is 2. The lowest BCUT2D eigenvalue weighted by molar-refractivity contribution is -0.111. The molecule has 2 aromatic heterocycles. The van der Waals surface area contributed by atoms with Crippen LogP contribution in [0, 0.1) is 6.92 Å². The predicted octanol–water partition coefficient (Wildman–Crippen LogP) is 5.98. The fourth-order valence-electron chi connectivity index (χ4n) is 4.04. The molecule has 0 aliphatic heterocycles. The molecule has 2 aromatic carbocycles. The van der Waals surface area contributed by atoms with Gasteiger partial charge in [-0.3, -0.25) is 4.79 Å². The van der Waals surface area contributed by atoms with E-state index < -0.39 is 0 Å². The van der Waals surface area contributed by atoms with Gasteiger partial charge in [0.1, 0.15) is 5.65 Å². The number of carbonyl (C=O) groups is 1. The number of carbonyl (C=O) groups excluding carboxylic acids is 1. The second kappa shape index (κ2) is 10.3. The smallest absolute Gasteiger partial charge is 0.247 e. The van der Waals surface area contributed by atoms with Gasteiger partial charge in [-0.1, -0.05) is 42.4 Å². The Morgan fingerprint density at radius 1 is 1.09 bits per heavy atom. The standard InChI is InChI=1S/C28H30ClN5O/c1-6-24(35)31-23-17-20(8-7-18(23)2)25-26-22(29)13-14-30-28(26)32-27(25)19-9-11-21(12-10-19)34(5)16-15-33(3)4/h6-14,17H,1,15-16H2,2-5H3,(H,30,32)(H,31,35). The van der Waals surface area contributed by atoms with E-state index in [1.165, 1.54) is 6.08 Å². The zero-order chi connectivity index (χ0) is 25.1. The van der Waals surface area contributed by atoms with Crippen molar-refractivity contribution in [2.45, 2.75) is 6.92 Å². The summed E-state index contributed by atoms with van der Waals surface area (Å²) in [5.74, 6) is -0.252. The molecule has 0 saturated heterocycles. The summed E-state index contributed by atoms with van der Waals surface area (Å²) in [4.78, 5) is 24.4. The van der Waals surface area contributed by atoms with Crippen molar-refractivity contribution >= 4 is 39.9 Å². The van der Waals surface area contributed by atoms with Crippen molar-refractivity contribution < 1.29 is 4.79 Å². The van der Waals surface area contributed by atoms with Gasteiger partial charge < -0.3 is 20.1 Å². The number of nitrogens with zero attached hydrogens (tertiary/aromatic N) is 3. The Labute approximate surface area is 211 Å². The minimum atomic E-state index is -0.252. The SMILES string of the molecule is C=CC(=O)Nc1cc(-c2c(-c3ccc(N(C)CCN(C)C)cc3)[nH]c3nccc(Cl)c23)ccc1C. The van der Waals surface area contributed by atoms with Crippen molar-refractivity contribution in [1.82, 2.24) is 14.9 Å². The Bertz CT molecular complexity index is 1370. The van der Waals surface area contributed by atoms with Gasteiger partial charge in [-0.25, -0.2) is 4.98 Å². The number of pyridine rings is 1. The number of aromatic nitrogens is 2. The predicted molar refractivity (Wildman–Crippen MR) is 147 cm³/mol. The van der Waals surface area contributed by atoms with Crippen LogP contribution in [0.3, 0.4) is 0 Å². The summed E-state index contributed by atoms with van der Waals surface area (Å²) < 4.78 is 0. The number of amides is 1. The maximum absolute atomic E-state index is 12.0. The van der Waals surface area contributed by atoms with Gasteiger partial charge >= 0.3 is 0 Å². The molecule has 0 bridgehead atoms. The minimum absolute atomic E-state index is 0.252. The lowest BCUT2D eigenvalue weighted by atomic mass is 9.97. The van der Waals surface area contributed by atoms with Gasteiger partial charge in [0.2, 0.25) is 5.91 Å². The van der Waals surface area contributed by atoms with Crippen LogP contribution in [0.5, 0.6) is 0 Å². The summed E-state index contributed by atoms with van der Waals surface area (Å²) in [6.45, 7) is 7.43. The van der Waals surface area contributed by atoms with E-state index >= 15 is 0 Å². The number of aryl methyl sites for hydroxylation is 1. The third-order valence-corrected chi connectivity index (χ3v) is 6.41. The van der Waals surface area contributed by atoms with Crippen molar-refractivity contribution in [3.8, 4) is 22.4 Å². The second-order valence-corrected chi connectivity index (χ2v) is 9.29. The first-order chi connectivity index (χ1) is 16.8. The van der Waals surface area contributed by atoms with Crippen molar-refractivity contribution in [2.24, 2.45) is 0 Å². The van der Waals surface area contributed by atoms with Crippen molar-refractivity contribution in [2.75, 3.05) is 44.4 Å². The van der Waals surface area contributed by atoms with Crippen LogP contribution in [-0.2, 0) is 4.79 Å². The number of halogens is 1. The lowest BCUT2D eigenvalue weighted by Gasteiger charge is -2.21. The van der Waals surface area contributed by atoms with Gasteiger partial charge in [0.25, 0.3) is 0 Å². The van der Waals surface area contributed by atoms with Crippen molar-refractivity contribution in [1.29, 1.82) is 0 Å². The second-order valence-electron chi connectivity index (χ2n) is 8.89. The molecule has 0 unspecified atom stereocenters. The quantitative estimate of drug-likeness (QED) is 0.300. The first kappa shape index (κ1) is 24.5. The Kier molecular flexibility index (Phi) is 7.24. The first-order valence-corrected chi connectivity index (χ1v) is 11.8. The van der Waals surface area contributed by atoms with E-state index in [9.17, 15) is 4.79 Å². The molecule has 0 saturated carbocycles. The van der Waals surface area contributed by atoms with Gasteiger partial charge in [-0.05, 0) is 68.1 Å². The molecule has 0 aliphatic carbocycles. The number of aromatic amines is 1. The molecule has 180 valence electrons. The van der Waals surface area contributed by atoms with Crippen LogP contribution >= 0.6 is 11.6 Å². The van der Waals surface area contributed by atoms with Crippen molar-refractivity contribution in [3.63, 3.8) is 0 Å². The molecule has 4 aromatic rings. The van der Waals surface area contributed by atoms with E-state index in [-0.39, 0.29) is 5.91 Å². The van der Waals surface area contributed by atoms with Crippen LogP contribution in [-0.4, -0.2) is 55.0 Å². The maximum Gasteiger partial charge on any atom is 0.247 e. The van der Waals surface area contributed by atoms with Gasteiger partial charge in [0.05, 0.1) is 10.7 Å². The number of likely N-dealkylation sites (N-methyl/N-ethyl adjacent to an activating group) is 2. The molecule has 0 spiro atoms. The van der Waals surface area contributed by atoms with Gasteiger partial charge in [-0.15, -0.1) is 0 Å². The molecule has 6 nitrogen and oxygen atoms in total. The molecular formula is C28H30ClN5O. The monoisotopic (exact) mass is 487 g/mol. The van der Waals surface area contributed by atoms with E-state index in [0.717, 1.165) is 57.8 Å². The number of benzene rings is 2. The highest BCUT2D eigenvalue weighted by molar-refractivity contribution is 6.36. The third kappa shape index (κ3) is 5.24. The van der Waals surface area contributed by atoms with Crippen LogP contribution in [0.15, 0.2) is 67.4 Å². The molecule has 1 amide bonds. The molecule has 7 heteroatoms. The van der Waals surface area contributed by atoms with Gasteiger partial charge in [0, 0.05) is 48.7 Å². The van der Waals surface area contributed by atoms with Gasteiger partial charge in [0.15, 0.2) is 0 Å². The fraction of sp³-hybridized carbons (Fsp3) is 0.214. The maximum atomic E-state index is 12.0. The van der Waals surface area contributed by atoms with Crippen molar-refractivity contribution in [3.05, 3.63) is 78.0 Å². The van der Waals surface area contributed by atoms with Crippen LogP contribution in [0.2, 0.25) is 5.02 Å². The Hall–Kier alpha value is -3.61. The summed E-state index contributed by atoms with van der Waals surface area (Å²) >= 11 is 6.66. The summed E-state index contributed by atoms with van der Waals surface area (Å²) in [6, 6.07) is 16.3. The number of fused-ring (bicyclic) bond motifs is 1. The minimum Gasteiger partial charge on any atom is -0.373 e. The number of hydrogen-bond acceptors (Lipinski definition) is 4. The first-order valence-electron chi connectivity index (χ1n) is 11.5. The van der Waals surface area contributed by atoms with E-state index in [1.807, 2.05) is 25.1 Å². The highest BCUT2D eigenvalue weighted by atomic mass is 35.5. The topological polar surface area (TPSA) is 64.3 Å². The average molecular weight is 488 g/mol. The van der Waals surface area contributed by atoms with Crippen LogP contribution in [0.4, 0.5) is 11.4 Å². The summed E-state index contributed by atoms with van der Waals surface area (Å²) in [5, 5.41) is 4.36. The fourth-order valence-corrected chi connectivity index (χ4v) is 4.28. The molecule has 0 atom stereocenters. The van der Waals surface area contributed by atoms with E-state index in [4.69, 9.17) is 11.6 Å². The van der Waals surface area contributed by atoms with E-state index in [2.05, 4.69) is 77.1 Å². The normalized spacial score (nSPS) is 11.1. The molecule has 35 heavy (non-hydrogen) atoms. The third-order valence-electron chi connectivity index (χ3n) is 6.09. The number of rotatable bonds is 8. The summed E-state index contributed by atoms with van der Waals surface area (Å²) in [7, 11) is 6.25. The summed E-state index contributed by atoms with van der Waals surface area (Å²) in [6.07, 6.45) is 2.96. The number of H-pyrrole nitrogens is 1. The zero-order valence-corrected chi connectivity index (χ0v) is 21.3. The summed E-state index contributed by atoms with van der Waals surface area (Å²) in [5.41, 5.74) is 7.37. The Balaban J connectivity index is 1.81.